The van der Waals surface area contributed by atoms with E-state index in [2.05, 4.69) is 51.1 Å². The zero-order valence-electron chi connectivity index (χ0n) is 11.8. The van der Waals surface area contributed by atoms with E-state index in [-0.39, 0.29) is 0 Å². The molecule has 19 heavy (non-hydrogen) atoms. The van der Waals surface area contributed by atoms with Gasteiger partial charge in [0.2, 0.25) is 0 Å². The van der Waals surface area contributed by atoms with E-state index in [0.717, 1.165) is 30.0 Å². The van der Waals surface area contributed by atoms with Crippen LogP contribution in [0.25, 0.3) is 0 Å². The maximum atomic E-state index is 6.37. The molecule has 1 saturated heterocycles. The van der Waals surface area contributed by atoms with E-state index in [1.54, 1.807) is 11.1 Å². The minimum atomic E-state index is -1.40. The molecule has 0 aliphatic carbocycles. The van der Waals surface area contributed by atoms with Crippen LogP contribution in [0.3, 0.4) is 0 Å². The summed E-state index contributed by atoms with van der Waals surface area (Å²) in [4.78, 5) is 0.914. The molecule has 2 aliphatic heterocycles. The summed E-state index contributed by atoms with van der Waals surface area (Å²) < 4.78 is 0.763. The Morgan fingerprint density at radius 3 is 2.47 bits per heavy atom. The van der Waals surface area contributed by atoms with E-state index >= 15 is 0 Å². The Bertz CT molecular complexity index is 513. The van der Waals surface area contributed by atoms with Crippen LogP contribution in [-0.2, 0) is 12.2 Å². The first-order chi connectivity index (χ1) is 9.10. The molecule has 2 heterocycles. The van der Waals surface area contributed by atoms with Gasteiger partial charge in [-0.2, -0.15) is 0 Å². The minimum absolute atomic E-state index is 0.731. The molecule has 2 bridgehead atoms. The van der Waals surface area contributed by atoms with Gasteiger partial charge in [-0.25, -0.2) is 0 Å². The van der Waals surface area contributed by atoms with Gasteiger partial charge in [0, 0.05) is 0 Å². The summed E-state index contributed by atoms with van der Waals surface area (Å²) >= 11 is 7.10. The van der Waals surface area contributed by atoms with E-state index in [1.807, 2.05) is 0 Å². The number of hydrogen-bond donors (Lipinski definition) is 0. The van der Waals surface area contributed by atoms with E-state index in [0.29, 0.717) is 0 Å². The second-order valence-electron chi connectivity index (χ2n) is 5.67. The summed E-state index contributed by atoms with van der Waals surface area (Å²) in [5.74, 6) is 0. The van der Waals surface area contributed by atoms with Gasteiger partial charge in [0.05, 0.1) is 0 Å². The normalized spacial score (nSPS) is 37.2. The summed E-state index contributed by atoms with van der Waals surface area (Å²) in [6.07, 6.45) is 2.70. The molecule has 1 unspecified atom stereocenters. The Labute approximate surface area is 129 Å². The van der Waals surface area contributed by atoms with Gasteiger partial charge in [-0.05, 0) is 0 Å². The second-order valence-corrected chi connectivity index (χ2v) is 14.1. The van der Waals surface area contributed by atoms with Crippen molar-refractivity contribution in [3.8, 4) is 0 Å². The van der Waals surface area contributed by atoms with Crippen molar-refractivity contribution in [2.75, 3.05) is 0 Å². The van der Waals surface area contributed by atoms with Gasteiger partial charge >= 0.3 is 129 Å². The number of fused-ring (bicyclic) bond motifs is 2. The van der Waals surface area contributed by atoms with Crippen LogP contribution in [0.15, 0.2) is 41.5 Å². The number of benzene rings is 1. The average Bonchev–Trinajstić information content (AvgIpc) is 2.81. The van der Waals surface area contributed by atoms with Crippen molar-refractivity contribution in [1.29, 1.82) is 0 Å². The summed E-state index contributed by atoms with van der Waals surface area (Å²) in [6.45, 7) is 5.63. The molecule has 4 atom stereocenters. The summed E-state index contributed by atoms with van der Waals surface area (Å²) in [6, 6.07) is 11.1. The predicted molar refractivity (Wildman–Crippen MR) is 90.7 cm³/mol. The molecule has 102 valence electrons. The first-order valence-corrected chi connectivity index (χ1v) is 12.0. The van der Waals surface area contributed by atoms with Crippen molar-refractivity contribution in [2.45, 2.75) is 48.6 Å². The van der Waals surface area contributed by atoms with Gasteiger partial charge in [0.1, 0.15) is 0 Å². The Morgan fingerprint density at radius 1 is 1.16 bits per heavy atom. The second kappa shape index (κ2) is 5.23. The van der Waals surface area contributed by atoms with Gasteiger partial charge in [-0.3, -0.25) is 0 Å². The molecule has 0 amide bonds. The Kier molecular flexibility index (Phi) is 3.91. The molecular weight excluding hydrogens is 334 g/mol. The van der Waals surface area contributed by atoms with Crippen molar-refractivity contribution in [3.05, 3.63) is 41.5 Å². The fourth-order valence-corrected chi connectivity index (χ4v) is 18.7. The summed E-state index contributed by atoms with van der Waals surface area (Å²) in [5.41, 5.74) is 4.04. The molecule has 0 radical (unpaired) electrons. The van der Waals surface area contributed by atoms with Gasteiger partial charge in [0.15, 0.2) is 0 Å². The average molecular weight is 355 g/mol. The van der Waals surface area contributed by atoms with E-state index < -0.39 is 6.46 Å². The number of allylic oxidation sites excluding steroid dienone is 2. The van der Waals surface area contributed by atoms with Gasteiger partial charge in [-0.15, -0.1) is 0 Å². The van der Waals surface area contributed by atoms with Gasteiger partial charge in [0.25, 0.3) is 0 Å². The number of hydrogen-bond acceptors (Lipinski definition) is 1. The molecule has 0 nitrogen and oxygen atoms in total. The van der Waals surface area contributed by atoms with Crippen molar-refractivity contribution in [1.82, 2.24) is 0 Å². The molecule has 3 heteroatoms. The van der Waals surface area contributed by atoms with Crippen molar-refractivity contribution in [2.24, 2.45) is 0 Å². The quantitative estimate of drug-likeness (QED) is 0.340. The van der Waals surface area contributed by atoms with Crippen LogP contribution in [0.4, 0.5) is 0 Å². The van der Waals surface area contributed by atoms with Crippen LogP contribution in [0, 0.1) is 0 Å². The van der Waals surface area contributed by atoms with Crippen LogP contribution < -0.4 is 5.30 Å². The third-order valence-corrected chi connectivity index (χ3v) is 17.5. The maximum absolute atomic E-state index is 6.37. The first kappa shape index (κ1) is 14.2. The van der Waals surface area contributed by atoms with Crippen molar-refractivity contribution < 1.29 is 0 Å². The van der Waals surface area contributed by atoms with Crippen LogP contribution >= 0.6 is 6.46 Å². The van der Waals surface area contributed by atoms with Gasteiger partial charge < -0.3 is 0 Å². The third kappa shape index (κ3) is 1.99. The first-order valence-electron chi connectivity index (χ1n) is 7.08. The van der Waals surface area contributed by atoms with E-state index in [9.17, 15) is 0 Å². The van der Waals surface area contributed by atoms with Crippen LogP contribution in [0.1, 0.15) is 33.6 Å². The Morgan fingerprint density at radius 2 is 1.84 bits per heavy atom. The van der Waals surface area contributed by atoms with Crippen molar-refractivity contribution >= 4 is 39.0 Å². The van der Waals surface area contributed by atoms with Crippen LogP contribution in [-0.4, -0.2) is 25.2 Å². The number of rotatable bonds is 3. The molecule has 1 aromatic carbocycles. The zero-order valence-corrected chi connectivity index (χ0v) is 15.2. The summed E-state index contributed by atoms with van der Waals surface area (Å²) in [5, 5.41) is 1.50. The van der Waals surface area contributed by atoms with Crippen molar-refractivity contribution in [3.63, 3.8) is 0 Å². The summed E-state index contributed by atoms with van der Waals surface area (Å²) in [7, 11) is 0. The zero-order chi connectivity index (χ0) is 13.6. The molecule has 1 aromatic rings. The molecule has 1 fully saturated rings. The van der Waals surface area contributed by atoms with E-state index in [1.165, 1.54) is 18.1 Å². The fraction of sp³-hybridized carbons (Fsp3) is 0.500. The monoisotopic (exact) mass is 356 g/mol. The topological polar surface area (TPSA) is 0 Å². The Hall–Kier alpha value is 0.259. The molecule has 0 N–H and O–H groups in total. The Balaban J connectivity index is 2.05. The van der Waals surface area contributed by atoms with Gasteiger partial charge in [-0.1, -0.05) is 0 Å². The van der Waals surface area contributed by atoms with Crippen LogP contribution in [0.5, 0.6) is 0 Å². The standard InChI is InChI=1S/C16H21PSSe/c1-4-8-14-15-11(2)12(3)16(19-14)17(15,18)13-9-6-5-7-10-13/h5-7,9-10,14-16H,4,8H2,1-3H3/t14-,15+,16+,17?/m0/s1. The molecule has 0 aromatic heterocycles. The molecule has 0 spiro atoms. The SMILES string of the molecule is CCC[C@@H]1[Se][C@@H]2C(C)=C(C)[C@H]1[P+]2([S-])c1ccccc1. The predicted octanol–water partition coefficient (Wildman–Crippen LogP) is 4.14. The molecular formula is C16H21PSSe. The van der Waals surface area contributed by atoms with E-state index in [4.69, 9.17) is 12.2 Å². The molecule has 0 saturated carbocycles. The third-order valence-electron chi connectivity index (χ3n) is 4.59. The van der Waals surface area contributed by atoms with Crippen LogP contribution in [0.2, 0.25) is 4.82 Å². The molecule has 3 rings (SSSR count). The fourth-order valence-electron chi connectivity index (χ4n) is 3.57. The molecule has 2 aliphatic rings.